The van der Waals surface area contributed by atoms with Gasteiger partial charge in [0.15, 0.2) is 11.5 Å². The zero-order valence-electron chi connectivity index (χ0n) is 13.7. The van der Waals surface area contributed by atoms with Crippen molar-refractivity contribution in [2.24, 2.45) is 0 Å². The second-order valence-electron chi connectivity index (χ2n) is 6.72. The largest absolute Gasteiger partial charge is 0.486 e. The molecule has 24 heavy (non-hydrogen) atoms. The molecule has 0 aromatic heterocycles. The minimum absolute atomic E-state index is 0.222. The number of ether oxygens (including phenoxy) is 2. The van der Waals surface area contributed by atoms with Crippen molar-refractivity contribution >= 4 is 15.7 Å². The molecule has 0 bridgehead atoms. The summed E-state index contributed by atoms with van der Waals surface area (Å²) in [6, 6.07) is 12.5. The van der Waals surface area contributed by atoms with Gasteiger partial charge in [-0.2, -0.15) is 0 Å². The molecule has 4 rings (SSSR count). The van der Waals surface area contributed by atoms with Crippen molar-refractivity contribution in [3.05, 3.63) is 48.0 Å². The number of anilines is 1. The van der Waals surface area contributed by atoms with Gasteiger partial charge in [-0.1, -0.05) is 32.0 Å². The number of para-hydroxylation sites is 1. The summed E-state index contributed by atoms with van der Waals surface area (Å²) < 4.78 is 38.9. The molecule has 2 aromatic rings. The topological polar surface area (TPSA) is 55.8 Å². The van der Waals surface area contributed by atoms with Gasteiger partial charge < -0.3 is 9.47 Å². The first kappa shape index (κ1) is 15.3. The predicted molar refractivity (Wildman–Crippen MR) is 91.4 cm³/mol. The van der Waals surface area contributed by atoms with Crippen LogP contribution in [0.15, 0.2) is 47.4 Å². The number of rotatable bonds is 2. The Bertz CT molecular complexity index is 905. The average Bonchev–Trinajstić information content (AvgIpc) is 2.87. The van der Waals surface area contributed by atoms with Crippen LogP contribution in [0.25, 0.3) is 0 Å². The maximum Gasteiger partial charge on any atom is 0.264 e. The fourth-order valence-electron chi connectivity index (χ4n) is 3.32. The smallest absolute Gasteiger partial charge is 0.264 e. The molecule has 0 radical (unpaired) electrons. The maximum atomic E-state index is 13.2. The molecule has 5 nitrogen and oxygen atoms in total. The van der Waals surface area contributed by atoms with Crippen molar-refractivity contribution in [1.82, 2.24) is 0 Å². The van der Waals surface area contributed by atoms with Gasteiger partial charge in [-0.15, -0.1) is 0 Å². The molecule has 0 aliphatic carbocycles. The molecule has 0 saturated carbocycles. The van der Waals surface area contributed by atoms with Crippen LogP contribution in [0.3, 0.4) is 0 Å². The zero-order chi connectivity index (χ0) is 16.9. The van der Waals surface area contributed by atoms with E-state index in [-0.39, 0.29) is 10.3 Å². The molecule has 2 heterocycles. The van der Waals surface area contributed by atoms with Crippen molar-refractivity contribution in [3.63, 3.8) is 0 Å². The second-order valence-corrected chi connectivity index (χ2v) is 8.58. The van der Waals surface area contributed by atoms with Gasteiger partial charge in [-0.05, 0) is 23.8 Å². The fraction of sp³-hybridized carbons (Fsp3) is 0.333. The Morgan fingerprint density at radius 1 is 1.00 bits per heavy atom. The molecule has 126 valence electrons. The molecule has 0 atom stereocenters. The molecule has 2 aromatic carbocycles. The van der Waals surface area contributed by atoms with E-state index < -0.39 is 10.0 Å². The van der Waals surface area contributed by atoms with Gasteiger partial charge >= 0.3 is 0 Å². The van der Waals surface area contributed by atoms with E-state index in [0.717, 1.165) is 11.3 Å². The Hall–Kier alpha value is -2.21. The van der Waals surface area contributed by atoms with E-state index in [2.05, 4.69) is 13.8 Å². The lowest BCUT2D eigenvalue weighted by Gasteiger charge is -2.24. The molecule has 0 amide bonds. The lowest BCUT2D eigenvalue weighted by molar-refractivity contribution is 0.171. The van der Waals surface area contributed by atoms with Crippen LogP contribution in [0.1, 0.15) is 19.4 Å². The first-order chi connectivity index (χ1) is 11.4. The minimum atomic E-state index is -3.66. The standard InChI is InChI=1S/C18H19NO4S/c1-18(2)12-19(15-6-4-3-5-14(15)18)24(20,21)13-7-8-16-17(11-13)23-10-9-22-16/h3-8,11H,9-10,12H2,1-2H3. The number of hydrogen-bond donors (Lipinski definition) is 0. The molecular weight excluding hydrogens is 326 g/mol. The Balaban J connectivity index is 1.79. The molecule has 0 spiro atoms. The van der Waals surface area contributed by atoms with Crippen LogP contribution in [-0.2, 0) is 15.4 Å². The molecule has 6 heteroatoms. The lowest BCUT2D eigenvalue weighted by Crippen LogP contribution is -2.34. The molecule has 0 saturated heterocycles. The number of sulfonamides is 1. The van der Waals surface area contributed by atoms with Crippen LogP contribution in [-0.4, -0.2) is 28.2 Å². The molecule has 2 aliphatic rings. The molecule has 0 unspecified atom stereocenters. The van der Waals surface area contributed by atoms with E-state index in [1.165, 1.54) is 4.31 Å². The highest BCUT2D eigenvalue weighted by Crippen LogP contribution is 2.43. The number of fused-ring (bicyclic) bond motifs is 2. The summed E-state index contributed by atoms with van der Waals surface area (Å²) in [6.07, 6.45) is 0. The number of hydrogen-bond acceptors (Lipinski definition) is 4. The molecule has 2 aliphatic heterocycles. The van der Waals surface area contributed by atoms with Crippen LogP contribution in [0.5, 0.6) is 11.5 Å². The summed E-state index contributed by atoms with van der Waals surface area (Å²) in [4.78, 5) is 0.222. The average molecular weight is 345 g/mol. The summed E-state index contributed by atoms with van der Waals surface area (Å²) in [6.45, 7) is 5.45. The van der Waals surface area contributed by atoms with Gasteiger partial charge in [0.1, 0.15) is 13.2 Å². The van der Waals surface area contributed by atoms with Gasteiger partial charge in [0.05, 0.1) is 10.6 Å². The van der Waals surface area contributed by atoms with Gasteiger partial charge in [-0.25, -0.2) is 8.42 Å². The minimum Gasteiger partial charge on any atom is -0.486 e. The third-order valence-corrected chi connectivity index (χ3v) is 6.30. The molecule has 0 fully saturated rings. The summed E-state index contributed by atoms with van der Waals surface area (Å²) in [5.41, 5.74) is 1.57. The van der Waals surface area contributed by atoms with Crippen molar-refractivity contribution < 1.29 is 17.9 Å². The fourth-order valence-corrected chi connectivity index (χ4v) is 4.98. The zero-order valence-corrected chi connectivity index (χ0v) is 14.5. The first-order valence-electron chi connectivity index (χ1n) is 7.91. The van der Waals surface area contributed by atoms with Gasteiger partial charge in [0.25, 0.3) is 10.0 Å². The van der Waals surface area contributed by atoms with Crippen molar-refractivity contribution in [3.8, 4) is 11.5 Å². The maximum absolute atomic E-state index is 13.2. The number of nitrogens with zero attached hydrogens (tertiary/aromatic N) is 1. The van der Waals surface area contributed by atoms with E-state index in [1.54, 1.807) is 18.2 Å². The highest BCUT2D eigenvalue weighted by Gasteiger charge is 2.41. The van der Waals surface area contributed by atoms with Crippen molar-refractivity contribution in [1.29, 1.82) is 0 Å². The van der Waals surface area contributed by atoms with Crippen LogP contribution in [0.2, 0.25) is 0 Å². The van der Waals surface area contributed by atoms with Crippen LogP contribution < -0.4 is 13.8 Å². The Morgan fingerprint density at radius 2 is 1.71 bits per heavy atom. The Labute approximate surface area is 141 Å². The predicted octanol–water partition coefficient (Wildman–Crippen LogP) is 2.94. The van der Waals surface area contributed by atoms with E-state index in [1.807, 2.05) is 24.3 Å². The highest BCUT2D eigenvalue weighted by molar-refractivity contribution is 7.92. The van der Waals surface area contributed by atoms with E-state index in [0.29, 0.717) is 31.3 Å². The third-order valence-electron chi connectivity index (χ3n) is 4.54. The molecule has 0 N–H and O–H groups in total. The summed E-state index contributed by atoms with van der Waals surface area (Å²) >= 11 is 0. The number of benzene rings is 2. The molecular formula is C18H19NO4S. The first-order valence-corrected chi connectivity index (χ1v) is 9.35. The second kappa shape index (κ2) is 5.14. The Morgan fingerprint density at radius 3 is 2.50 bits per heavy atom. The van der Waals surface area contributed by atoms with E-state index in [9.17, 15) is 8.42 Å². The normalized spacial score (nSPS) is 18.3. The summed E-state index contributed by atoms with van der Waals surface area (Å²) in [5, 5.41) is 0. The third kappa shape index (κ3) is 2.24. The van der Waals surface area contributed by atoms with Gasteiger partial charge in [0.2, 0.25) is 0 Å². The van der Waals surface area contributed by atoms with Crippen LogP contribution >= 0.6 is 0 Å². The van der Waals surface area contributed by atoms with Gasteiger partial charge in [0, 0.05) is 18.0 Å². The van der Waals surface area contributed by atoms with E-state index in [4.69, 9.17) is 9.47 Å². The Kier molecular flexibility index (Phi) is 3.28. The quantitative estimate of drug-likeness (QED) is 0.840. The van der Waals surface area contributed by atoms with Crippen molar-refractivity contribution in [2.45, 2.75) is 24.2 Å². The van der Waals surface area contributed by atoms with E-state index >= 15 is 0 Å². The van der Waals surface area contributed by atoms with Gasteiger partial charge in [-0.3, -0.25) is 4.31 Å². The summed E-state index contributed by atoms with van der Waals surface area (Å²) in [7, 11) is -3.66. The van der Waals surface area contributed by atoms with Crippen LogP contribution in [0, 0.1) is 0 Å². The highest BCUT2D eigenvalue weighted by atomic mass is 32.2. The SMILES string of the molecule is CC1(C)CN(S(=O)(=O)c2ccc3c(c2)OCCO3)c2ccccc21. The van der Waals surface area contributed by atoms with Crippen LogP contribution in [0.4, 0.5) is 5.69 Å². The lowest BCUT2D eigenvalue weighted by atomic mass is 9.87. The monoisotopic (exact) mass is 345 g/mol. The van der Waals surface area contributed by atoms with Crippen molar-refractivity contribution in [2.75, 3.05) is 24.1 Å². The summed E-state index contributed by atoms with van der Waals surface area (Å²) in [5.74, 6) is 1.07.